The van der Waals surface area contributed by atoms with Gasteiger partial charge in [0.2, 0.25) is 0 Å². The van der Waals surface area contributed by atoms with Gasteiger partial charge in [0, 0.05) is 24.5 Å². The lowest BCUT2D eigenvalue weighted by Gasteiger charge is -2.36. The predicted octanol–water partition coefficient (Wildman–Crippen LogP) is 5.64. The fraction of sp³-hybridized carbons (Fsp3) is 0.520. The van der Waals surface area contributed by atoms with E-state index >= 15 is 0 Å². The van der Waals surface area contributed by atoms with Crippen LogP contribution in [0.25, 0.3) is 5.65 Å². The van der Waals surface area contributed by atoms with Crippen LogP contribution in [0.4, 0.5) is 5.82 Å². The smallest absolute Gasteiger partial charge is 0.192 e. The van der Waals surface area contributed by atoms with Gasteiger partial charge in [0.05, 0.1) is 31.2 Å². The minimum atomic E-state index is -1.92. The summed E-state index contributed by atoms with van der Waals surface area (Å²) in [6.07, 6.45) is 0.698. The summed E-state index contributed by atoms with van der Waals surface area (Å²) in [6, 6.07) is 10.2. The number of hydrogen-bond donors (Lipinski definition) is 0. The van der Waals surface area contributed by atoms with Gasteiger partial charge in [-0.15, -0.1) is 5.10 Å². The average molecular weight is 487 g/mol. The van der Waals surface area contributed by atoms with Gasteiger partial charge >= 0.3 is 0 Å². The third-order valence-corrected chi connectivity index (χ3v) is 12.0. The van der Waals surface area contributed by atoms with Crippen LogP contribution >= 0.6 is 11.6 Å². The molecule has 0 radical (unpaired) electrons. The lowest BCUT2D eigenvalue weighted by Crippen LogP contribution is -2.40. The summed E-state index contributed by atoms with van der Waals surface area (Å²) in [5.74, 6) is 0.948. The van der Waals surface area contributed by atoms with Crippen molar-refractivity contribution in [3.8, 4) is 0 Å². The maximum Gasteiger partial charge on any atom is 0.192 e. The largest absolute Gasteiger partial charge is 0.411 e. The molecule has 6 nitrogen and oxygen atoms in total. The van der Waals surface area contributed by atoms with Crippen molar-refractivity contribution in [2.24, 2.45) is 0 Å². The molecule has 0 spiro atoms. The zero-order valence-corrected chi connectivity index (χ0v) is 22.4. The number of benzene rings is 1. The van der Waals surface area contributed by atoms with E-state index in [4.69, 9.17) is 30.8 Å². The van der Waals surface area contributed by atoms with Crippen molar-refractivity contribution in [1.29, 1.82) is 0 Å². The van der Waals surface area contributed by atoms with Gasteiger partial charge in [-0.05, 0) is 54.4 Å². The van der Waals surface area contributed by atoms with Gasteiger partial charge in [-0.1, -0.05) is 44.5 Å². The van der Waals surface area contributed by atoms with Crippen molar-refractivity contribution in [3.63, 3.8) is 0 Å². The van der Waals surface area contributed by atoms with Gasteiger partial charge in [0.25, 0.3) is 0 Å². The first-order chi connectivity index (χ1) is 15.6. The Hall–Kier alpha value is -1.93. The third-order valence-electron chi connectivity index (χ3n) is 7.09. The highest BCUT2D eigenvalue weighted by Crippen LogP contribution is 2.37. The predicted molar refractivity (Wildman–Crippen MR) is 137 cm³/mol. The Morgan fingerprint density at radius 2 is 1.85 bits per heavy atom. The van der Waals surface area contributed by atoms with Crippen LogP contribution in [0.5, 0.6) is 0 Å². The molecule has 2 aromatic heterocycles. The van der Waals surface area contributed by atoms with Gasteiger partial charge in [0.1, 0.15) is 5.82 Å². The van der Waals surface area contributed by atoms with Crippen LogP contribution in [-0.4, -0.2) is 49.2 Å². The number of ether oxygens (including phenoxy) is 1. The first-order valence-electron chi connectivity index (χ1n) is 11.6. The monoisotopic (exact) mass is 486 g/mol. The summed E-state index contributed by atoms with van der Waals surface area (Å²) in [5, 5.41) is 5.92. The molecular weight excluding hydrogens is 452 g/mol. The Labute approximate surface area is 203 Å². The van der Waals surface area contributed by atoms with Gasteiger partial charge in [-0.2, -0.15) is 0 Å². The first kappa shape index (κ1) is 24.2. The normalized spacial score (nSPS) is 15.4. The van der Waals surface area contributed by atoms with Crippen LogP contribution < -0.4 is 4.90 Å². The lowest BCUT2D eigenvalue weighted by atomic mass is 10.0. The minimum absolute atomic E-state index is 0.137. The molecule has 1 aliphatic heterocycles. The molecule has 0 atom stereocenters. The number of morpholine rings is 1. The molecule has 0 aliphatic carbocycles. The Bertz CT molecular complexity index is 1130. The van der Waals surface area contributed by atoms with E-state index in [1.54, 1.807) is 0 Å². The van der Waals surface area contributed by atoms with Crippen LogP contribution in [-0.2, 0) is 22.2 Å². The number of imidazole rings is 1. The van der Waals surface area contributed by atoms with Crippen LogP contribution in [0.15, 0.2) is 30.3 Å². The molecule has 0 N–H and O–H groups in total. The van der Waals surface area contributed by atoms with E-state index in [1.165, 1.54) is 5.56 Å². The average Bonchev–Trinajstić information content (AvgIpc) is 3.12. The summed E-state index contributed by atoms with van der Waals surface area (Å²) in [5.41, 5.74) is 5.12. The molecule has 1 saturated heterocycles. The molecule has 1 aromatic carbocycles. The molecule has 178 valence electrons. The summed E-state index contributed by atoms with van der Waals surface area (Å²) in [6.45, 7) is 17.0. The zero-order valence-electron chi connectivity index (χ0n) is 20.6. The topological polar surface area (TPSA) is 51.9 Å². The number of aromatic nitrogens is 3. The number of nitrogens with zero attached hydrogens (tertiary/aromatic N) is 4. The number of rotatable bonds is 6. The first-order valence-corrected chi connectivity index (χ1v) is 14.9. The highest BCUT2D eigenvalue weighted by atomic mass is 35.5. The van der Waals surface area contributed by atoms with Crippen molar-refractivity contribution < 1.29 is 9.16 Å². The molecule has 3 heterocycles. The summed E-state index contributed by atoms with van der Waals surface area (Å²) >= 11 is 6.43. The van der Waals surface area contributed by atoms with Crippen LogP contribution in [0, 0.1) is 6.92 Å². The van der Waals surface area contributed by atoms with Crippen molar-refractivity contribution >= 4 is 31.4 Å². The van der Waals surface area contributed by atoms with E-state index < -0.39 is 8.32 Å². The maximum atomic E-state index is 6.57. The number of anilines is 1. The second-order valence-electron chi connectivity index (χ2n) is 10.3. The molecule has 0 amide bonds. The van der Waals surface area contributed by atoms with E-state index in [0.29, 0.717) is 13.0 Å². The minimum Gasteiger partial charge on any atom is -0.411 e. The van der Waals surface area contributed by atoms with E-state index in [1.807, 2.05) is 16.6 Å². The molecule has 0 bridgehead atoms. The molecule has 0 unspecified atom stereocenters. The molecule has 4 rings (SSSR count). The number of hydrogen-bond acceptors (Lipinski definition) is 5. The second kappa shape index (κ2) is 9.37. The van der Waals surface area contributed by atoms with Crippen LogP contribution in [0.1, 0.15) is 43.3 Å². The summed E-state index contributed by atoms with van der Waals surface area (Å²) in [4.78, 5) is 7.22. The molecule has 1 aliphatic rings. The second-order valence-corrected chi connectivity index (χ2v) is 15.5. The van der Waals surface area contributed by atoms with E-state index in [-0.39, 0.29) is 5.04 Å². The quantitative estimate of drug-likeness (QED) is 0.422. The van der Waals surface area contributed by atoms with Crippen LogP contribution in [0.3, 0.4) is 0 Å². The standard InChI is InChI=1S/C25H35ClN4O2Si/c1-18-19(8-7-9-20(18)26)16-22-21(17-32-33(5,6)25(2,3)4)27-23-10-11-24(28-30(22)23)29-12-14-31-15-13-29/h7-11H,12-17H2,1-6H3. The Morgan fingerprint density at radius 3 is 2.55 bits per heavy atom. The van der Waals surface area contributed by atoms with Crippen molar-refractivity contribution in [2.75, 3.05) is 31.2 Å². The Morgan fingerprint density at radius 1 is 1.12 bits per heavy atom. The fourth-order valence-corrected chi connectivity index (χ4v) is 4.88. The Kier molecular flexibility index (Phi) is 6.87. The molecule has 33 heavy (non-hydrogen) atoms. The SMILES string of the molecule is Cc1c(Cl)cccc1Cc1c(CO[Si](C)(C)C(C)(C)C)nc2ccc(N3CCOCC3)nn12. The van der Waals surface area contributed by atoms with Gasteiger partial charge < -0.3 is 14.1 Å². The molecule has 1 fully saturated rings. The third kappa shape index (κ3) is 5.11. The maximum absolute atomic E-state index is 6.57. The van der Waals surface area contributed by atoms with Gasteiger partial charge in [-0.3, -0.25) is 0 Å². The molecule has 8 heteroatoms. The lowest BCUT2D eigenvalue weighted by molar-refractivity contribution is 0.122. The van der Waals surface area contributed by atoms with E-state index in [0.717, 1.165) is 59.7 Å². The number of fused-ring (bicyclic) bond motifs is 1. The fourth-order valence-electron chi connectivity index (χ4n) is 3.76. The summed E-state index contributed by atoms with van der Waals surface area (Å²) < 4.78 is 14.1. The number of halogens is 1. The molecule has 0 saturated carbocycles. The highest BCUT2D eigenvalue weighted by molar-refractivity contribution is 6.74. The van der Waals surface area contributed by atoms with Crippen molar-refractivity contribution in [1.82, 2.24) is 14.6 Å². The van der Waals surface area contributed by atoms with Crippen LogP contribution in [0.2, 0.25) is 23.2 Å². The molecular formula is C25H35ClN4O2Si. The van der Waals surface area contributed by atoms with Crippen molar-refractivity contribution in [3.05, 3.63) is 57.9 Å². The van der Waals surface area contributed by atoms with Crippen molar-refractivity contribution in [2.45, 2.75) is 58.9 Å². The van der Waals surface area contributed by atoms with E-state index in [9.17, 15) is 0 Å². The van der Waals surface area contributed by atoms with Gasteiger partial charge in [0.15, 0.2) is 14.0 Å². The van der Waals surface area contributed by atoms with E-state index in [2.05, 4.69) is 63.9 Å². The summed E-state index contributed by atoms with van der Waals surface area (Å²) in [7, 11) is -1.92. The Balaban J connectivity index is 1.75. The highest BCUT2D eigenvalue weighted by Gasteiger charge is 2.37. The zero-order chi connectivity index (χ0) is 23.8. The van der Waals surface area contributed by atoms with Gasteiger partial charge in [-0.25, -0.2) is 9.50 Å². The molecule has 3 aromatic rings.